The van der Waals surface area contributed by atoms with E-state index in [0.717, 1.165) is 31.1 Å². The maximum Gasteiger partial charge on any atom is 0.306 e. The van der Waals surface area contributed by atoms with Crippen molar-refractivity contribution in [1.29, 1.82) is 0 Å². The maximum absolute atomic E-state index is 11.0. The molecule has 1 aliphatic carbocycles. The van der Waals surface area contributed by atoms with Crippen LogP contribution in [-0.2, 0) is 11.2 Å². The summed E-state index contributed by atoms with van der Waals surface area (Å²) in [7, 11) is 0. The Bertz CT molecular complexity index is 1090. The molecule has 3 aromatic carbocycles. The Morgan fingerprint density at radius 3 is 1.97 bits per heavy atom. The number of hydrogen-bond donors (Lipinski definition) is 1. The molecule has 2 nitrogen and oxygen atoms in total. The van der Waals surface area contributed by atoms with Crippen LogP contribution in [0.2, 0.25) is 0 Å². The smallest absolute Gasteiger partial charge is 0.306 e. The van der Waals surface area contributed by atoms with Crippen LogP contribution in [0.25, 0.3) is 22.3 Å². The molecule has 0 aliphatic heterocycles. The number of rotatable bonds is 11. The highest BCUT2D eigenvalue weighted by molar-refractivity contribution is 5.83. The van der Waals surface area contributed by atoms with E-state index < -0.39 is 5.97 Å². The largest absolute Gasteiger partial charge is 0.481 e. The summed E-state index contributed by atoms with van der Waals surface area (Å²) in [6.45, 7) is 4.09. The van der Waals surface area contributed by atoms with Gasteiger partial charge in [0.05, 0.1) is 5.92 Å². The minimum absolute atomic E-state index is 0.275. The zero-order valence-corrected chi connectivity index (χ0v) is 22.1. The molecule has 0 aromatic heterocycles. The predicted molar refractivity (Wildman–Crippen MR) is 151 cm³/mol. The summed E-state index contributed by atoms with van der Waals surface area (Å²) in [6, 6.07) is 26.8. The minimum atomic E-state index is -0.704. The van der Waals surface area contributed by atoms with Gasteiger partial charge in [0.15, 0.2) is 0 Å². The quantitative estimate of drug-likeness (QED) is 0.295. The molecule has 1 unspecified atom stereocenters. The third-order valence-corrected chi connectivity index (χ3v) is 8.22. The van der Waals surface area contributed by atoms with E-state index in [0.29, 0.717) is 0 Å². The fourth-order valence-corrected chi connectivity index (χ4v) is 5.79. The summed E-state index contributed by atoms with van der Waals surface area (Å²) >= 11 is 0. The summed E-state index contributed by atoms with van der Waals surface area (Å²) in [4.78, 5) is 11.0. The molecule has 3 aromatic rings. The van der Waals surface area contributed by atoms with Crippen molar-refractivity contribution < 1.29 is 9.90 Å². The number of aliphatic carboxylic acids is 1. The predicted octanol–water partition coefficient (Wildman–Crippen LogP) is 9.53. The first-order chi connectivity index (χ1) is 17.5. The highest BCUT2D eigenvalue weighted by Crippen LogP contribution is 2.39. The van der Waals surface area contributed by atoms with Crippen molar-refractivity contribution >= 4 is 5.97 Å². The van der Waals surface area contributed by atoms with Crippen molar-refractivity contribution in [2.75, 3.05) is 0 Å². The lowest BCUT2D eigenvalue weighted by Crippen LogP contribution is -2.13. The molecule has 0 saturated heterocycles. The minimum Gasteiger partial charge on any atom is -0.481 e. The molecule has 2 heteroatoms. The monoisotopic (exact) mass is 482 g/mol. The van der Waals surface area contributed by atoms with Crippen molar-refractivity contribution in [2.45, 2.75) is 84.0 Å². The van der Waals surface area contributed by atoms with Gasteiger partial charge in [-0.2, -0.15) is 0 Å². The van der Waals surface area contributed by atoms with E-state index >= 15 is 0 Å². The maximum atomic E-state index is 11.0. The number of hydrogen-bond acceptors (Lipinski definition) is 1. The van der Waals surface area contributed by atoms with Crippen LogP contribution in [0.5, 0.6) is 0 Å². The Labute approximate surface area is 217 Å². The average Bonchev–Trinajstić information content (AvgIpc) is 2.92. The number of benzene rings is 3. The SMILES string of the molecule is CCCCC1CCC(c2ccc(-c3ccccc3-c3ccc(CCCC(C)C(=O)O)cc3)cc2)CC1. The van der Waals surface area contributed by atoms with Crippen molar-refractivity contribution in [2.24, 2.45) is 11.8 Å². The summed E-state index contributed by atoms with van der Waals surface area (Å²) in [5.41, 5.74) is 7.80. The van der Waals surface area contributed by atoms with E-state index in [1.54, 1.807) is 6.92 Å². The molecular formula is C34H42O2. The molecule has 0 radical (unpaired) electrons. The number of unbranched alkanes of at least 4 members (excludes halogenated alkanes) is 1. The molecular weight excluding hydrogens is 440 g/mol. The van der Waals surface area contributed by atoms with Crippen molar-refractivity contribution in [3.05, 3.63) is 83.9 Å². The lowest BCUT2D eigenvalue weighted by molar-refractivity contribution is -0.141. The highest BCUT2D eigenvalue weighted by Gasteiger charge is 2.22. The lowest BCUT2D eigenvalue weighted by Gasteiger charge is -2.29. The second-order valence-electron chi connectivity index (χ2n) is 10.9. The topological polar surface area (TPSA) is 37.3 Å². The van der Waals surface area contributed by atoms with Gasteiger partial charge in [-0.25, -0.2) is 0 Å². The normalized spacial score (nSPS) is 18.6. The van der Waals surface area contributed by atoms with Gasteiger partial charge in [-0.15, -0.1) is 0 Å². The summed E-state index contributed by atoms with van der Waals surface area (Å²) in [5.74, 6) is 0.693. The molecule has 0 spiro atoms. The van der Waals surface area contributed by atoms with E-state index in [1.807, 2.05) is 0 Å². The van der Waals surface area contributed by atoms with Gasteiger partial charge in [0, 0.05) is 0 Å². The molecule has 4 rings (SSSR count). The highest BCUT2D eigenvalue weighted by atomic mass is 16.4. The molecule has 0 heterocycles. The molecule has 1 N–H and O–H groups in total. The zero-order chi connectivity index (χ0) is 25.3. The van der Waals surface area contributed by atoms with Crippen LogP contribution < -0.4 is 0 Å². The van der Waals surface area contributed by atoms with Gasteiger partial charge >= 0.3 is 5.97 Å². The fourth-order valence-electron chi connectivity index (χ4n) is 5.79. The Kier molecular flexibility index (Phi) is 9.39. The van der Waals surface area contributed by atoms with Crippen LogP contribution in [-0.4, -0.2) is 11.1 Å². The van der Waals surface area contributed by atoms with Gasteiger partial charge in [0.2, 0.25) is 0 Å². The van der Waals surface area contributed by atoms with Crippen molar-refractivity contribution in [3.63, 3.8) is 0 Å². The number of aryl methyl sites for hydroxylation is 1. The van der Waals surface area contributed by atoms with Gasteiger partial charge < -0.3 is 5.11 Å². The van der Waals surface area contributed by atoms with Gasteiger partial charge in [0.1, 0.15) is 0 Å². The van der Waals surface area contributed by atoms with E-state index in [-0.39, 0.29) is 5.92 Å². The van der Waals surface area contributed by atoms with Crippen LogP contribution >= 0.6 is 0 Å². The second-order valence-corrected chi connectivity index (χ2v) is 10.9. The van der Waals surface area contributed by atoms with Crippen molar-refractivity contribution in [3.8, 4) is 22.3 Å². The summed E-state index contributed by atoms with van der Waals surface area (Å²) in [5, 5.41) is 9.08. The molecule has 1 fully saturated rings. The van der Waals surface area contributed by atoms with Gasteiger partial charge in [-0.3, -0.25) is 4.79 Å². The van der Waals surface area contributed by atoms with E-state index in [2.05, 4.69) is 79.7 Å². The molecule has 190 valence electrons. The molecule has 0 amide bonds. The zero-order valence-electron chi connectivity index (χ0n) is 22.1. The van der Waals surface area contributed by atoms with Crippen LogP contribution in [0.4, 0.5) is 0 Å². The van der Waals surface area contributed by atoms with Crippen LogP contribution in [0, 0.1) is 11.8 Å². The van der Waals surface area contributed by atoms with Crippen molar-refractivity contribution in [1.82, 2.24) is 0 Å². The third kappa shape index (κ3) is 6.87. The average molecular weight is 483 g/mol. The first kappa shape index (κ1) is 26.2. The van der Waals surface area contributed by atoms with Crippen LogP contribution in [0.1, 0.15) is 88.7 Å². The Morgan fingerprint density at radius 1 is 0.833 bits per heavy atom. The standard InChI is InChI=1S/C34H42O2/c1-3-4-9-26-13-17-28(18-14-26)29-21-23-31(24-22-29)33-12-6-5-11-32(33)30-19-15-27(16-20-30)10-7-8-25(2)34(35)36/h5-6,11-12,15-16,19-26,28H,3-4,7-10,13-14,17-18H2,1-2H3,(H,35,36). The summed E-state index contributed by atoms with van der Waals surface area (Å²) < 4.78 is 0. The Morgan fingerprint density at radius 2 is 1.42 bits per heavy atom. The van der Waals surface area contributed by atoms with Gasteiger partial charge in [-0.1, -0.05) is 106 Å². The van der Waals surface area contributed by atoms with E-state index in [9.17, 15) is 4.79 Å². The number of carboxylic acid groups (broad SMARTS) is 1. The first-order valence-electron chi connectivity index (χ1n) is 14.1. The molecule has 1 aliphatic rings. The fraction of sp³-hybridized carbons (Fsp3) is 0.441. The van der Waals surface area contributed by atoms with Gasteiger partial charge in [-0.05, 0) is 90.2 Å². The number of carboxylic acids is 1. The third-order valence-electron chi connectivity index (χ3n) is 8.22. The molecule has 0 bridgehead atoms. The van der Waals surface area contributed by atoms with Gasteiger partial charge in [0.25, 0.3) is 0 Å². The van der Waals surface area contributed by atoms with Crippen LogP contribution in [0.3, 0.4) is 0 Å². The van der Waals surface area contributed by atoms with E-state index in [1.165, 1.54) is 78.3 Å². The summed E-state index contributed by atoms with van der Waals surface area (Å²) in [6.07, 6.45) is 12.1. The molecule has 1 saturated carbocycles. The number of carbonyl (C=O) groups is 1. The molecule has 1 atom stereocenters. The second kappa shape index (κ2) is 12.9. The molecule has 36 heavy (non-hydrogen) atoms. The Hall–Kier alpha value is -2.87. The van der Waals surface area contributed by atoms with E-state index in [4.69, 9.17) is 5.11 Å². The first-order valence-corrected chi connectivity index (χ1v) is 14.1. The lowest BCUT2D eigenvalue weighted by atomic mass is 9.77. The Balaban J connectivity index is 1.41. The van der Waals surface area contributed by atoms with Crippen LogP contribution in [0.15, 0.2) is 72.8 Å².